The van der Waals surface area contributed by atoms with Crippen molar-refractivity contribution < 1.29 is 83.0 Å². The highest BCUT2D eigenvalue weighted by Gasteiger charge is 2.38. The molecule has 1 aliphatic rings. The van der Waals surface area contributed by atoms with E-state index in [2.05, 4.69) is 143 Å². The molecular weight excluding hydrogens is 1460 g/mol. The predicted molar refractivity (Wildman–Crippen MR) is 441 cm³/mol. The largest absolute Gasteiger partial charge is 0.479 e. The van der Waals surface area contributed by atoms with Gasteiger partial charge in [-0.15, -0.1) is 0 Å². The molecule has 1 atom stereocenters. The van der Waals surface area contributed by atoms with Crippen LogP contribution in [0.1, 0.15) is 88.0 Å². The number of halogens is 1. The van der Waals surface area contributed by atoms with Crippen LogP contribution in [0.15, 0.2) is 41.4 Å². The van der Waals surface area contributed by atoms with Gasteiger partial charge in [0.05, 0.1) is 45.8 Å². The minimum Gasteiger partial charge on any atom is -0.479 e. The fraction of sp³-hybridized carbons (Fsp3) is 0.833. The van der Waals surface area contributed by atoms with Gasteiger partial charge >= 0.3 is 17.9 Å². The van der Waals surface area contributed by atoms with Crippen molar-refractivity contribution in [3.05, 3.63) is 36.5 Å². The summed E-state index contributed by atoms with van der Waals surface area (Å²) in [7, 11) is -14.3. The normalized spacial score (nSPS) is 13.1. The second-order valence-corrected chi connectivity index (χ2v) is 77.6. The molecule has 0 bridgehead atoms. The molecule has 1 unspecified atom stereocenters. The molecule has 98 heavy (non-hydrogen) atoms. The quantitative estimate of drug-likeness (QED) is 0.0109. The summed E-state index contributed by atoms with van der Waals surface area (Å²) < 4.78 is 76.9. The number of esters is 3. The Morgan fingerprint density at radius 2 is 0.796 bits per heavy atom. The molecule has 0 aromatic heterocycles. The molecule has 0 fully saturated rings. The van der Waals surface area contributed by atoms with Gasteiger partial charge in [-0.2, -0.15) is 8.42 Å². The van der Waals surface area contributed by atoms with Crippen LogP contribution in [0.25, 0.3) is 0 Å². The highest BCUT2D eigenvalue weighted by molar-refractivity contribution is 8.07. The van der Waals surface area contributed by atoms with Crippen LogP contribution in [0.2, 0.25) is 190 Å². The number of carbonyl (C=O) groups excluding carboxylic acids is 4. The lowest BCUT2D eigenvalue weighted by molar-refractivity contribution is -0.139. The van der Waals surface area contributed by atoms with Crippen molar-refractivity contribution in [1.29, 1.82) is 0 Å². The van der Waals surface area contributed by atoms with Crippen molar-refractivity contribution in [3.8, 4) is 0 Å². The van der Waals surface area contributed by atoms with Gasteiger partial charge in [0, 0.05) is 80.7 Å². The summed E-state index contributed by atoms with van der Waals surface area (Å²) in [5.74, 6) is -0.0727. The molecule has 0 radical (unpaired) electrons. The van der Waals surface area contributed by atoms with Crippen molar-refractivity contribution in [2.45, 2.75) is 278 Å². The number of amides is 1. The second kappa shape index (κ2) is 54.3. The molecule has 20 nitrogen and oxygen atoms in total. The summed E-state index contributed by atoms with van der Waals surface area (Å²) in [6.45, 7) is 65.8. The summed E-state index contributed by atoms with van der Waals surface area (Å²) in [6.07, 6.45) is 7.75. The minimum atomic E-state index is -3.34. The van der Waals surface area contributed by atoms with Gasteiger partial charge in [0.2, 0.25) is 5.91 Å². The van der Waals surface area contributed by atoms with Gasteiger partial charge in [-0.05, 0) is 185 Å². The van der Waals surface area contributed by atoms with Crippen LogP contribution < -0.4 is 0 Å². The molecule has 0 saturated heterocycles. The number of rotatable bonds is 44. The predicted octanol–water partition coefficient (Wildman–Crippen LogP) is 16.3. The minimum absolute atomic E-state index is 0. The van der Waals surface area contributed by atoms with E-state index in [4.69, 9.17) is 56.4 Å². The molecule has 1 aliphatic heterocycles. The van der Waals surface area contributed by atoms with Crippen LogP contribution in [0.3, 0.4) is 0 Å². The highest BCUT2D eigenvalue weighted by atomic mass is 35.7. The van der Waals surface area contributed by atoms with E-state index in [1.54, 1.807) is 32.6 Å². The first-order valence-electron chi connectivity index (χ1n) is 34.0. The van der Waals surface area contributed by atoms with Crippen LogP contribution >= 0.6 is 10.7 Å². The van der Waals surface area contributed by atoms with Gasteiger partial charge < -0.3 is 51.9 Å². The number of carbonyl (C=O) groups is 4. The van der Waals surface area contributed by atoms with E-state index in [0.717, 1.165) is 101 Å². The first-order valence-corrected chi connectivity index (χ1v) is 67.2. The molecule has 586 valence electrons. The molecule has 0 aliphatic carbocycles. The maximum absolute atomic E-state index is 11.6. The van der Waals surface area contributed by atoms with Crippen LogP contribution in [0.5, 0.6) is 0 Å². The highest BCUT2D eigenvalue weighted by Crippen LogP contribution is 2.32. The van der Waals surface area contributed by atoms with Gasteiger partial charge in [0.1, 0.15) is 16.6 Å². The molecule has 4 N–H and O–H groups in total. The molecule has 0 spiro atoms. The Kier molecular flexibility index (Phi) is 60.9. The third-order valence-corrected chi connectivity index (χ3v) is 49.8. The number of aliphatic imine (C=N–C) groups is 1. The van der Waals surface area contributed by atoms with Gasteiger partial charge in [0.25, 0.3) is 10.1 Å². The van der Waals surface area contributed by atoms with Crippen molar-refractivity contribution in [2.24, 2.45) is 4.99 Å². The monoisotopic (exact) mass is 1610 g/mol. The zero-order chi connectivity index (χ0) is 74.9. The van der Waals surface area contributed by atoms with E-state index in [9.17, 15) is 31.8 Å². The van der Waals surface area contributed by atoms with E-state index < -0.39 is 94.3 Å². The van der Waals surface area contributed by atoms with E-state index in [0.29, 0.717) is 49.7 Å². The summed E-state index contributed by atoms with van der Waals surface area (Å²) >= 11 is 0. The van der Waals surface area contributed by atoms with Crippen molar-refractivity contribution in [1.82, 2.24) is 4.90 Å². The van der Waals surface area contributed by atoms with Gasteiger partial charge in [-0.25, -0.2) is 18.6 Å². The summed E-state index contributed by atoms with van der Waals surface area (Å²) in [5, 5.41) is 18.2. The fourth-order valence-electron chi connectivity index (χ4n) is 10.3. The lowest BCUT2D eigenvalue weighted by Gasteiger charge is -2.36. The average molecular weight is 1610 g/mol. The van der Waals surface area contributed by atoms with Gasteiger partial charge in [-0.1, -0.05) is 110 Å². The topological polar surface area (TPSA) is 281 Å². The van der Waals surface area contributed by atoms with Crippen LogP contribution in [0.4, 0.5) is 0 Å². The smallest absolute Gasteiger partial charge is 0.333 e. The maximum atomic E-state index is 11.6. The van der Waals surface area contributed by atoms with E-state index >= 15 is 0 Å². The van der Waals surface area contributed by atoms with Crippen LogP contribution in [-0.4, -0.2) is 215 Å². The van der Waals surface area contributed by atoms with E-state index in [1.165, 1.54) is 48.6 Å². The Labute approximate surface area is 616 Å². The van der Waals surface area contributed by atoms with Crippen molar-refractivity contribution >= 4 is 135 Å². The summed E-state index contributed by atoms with van der Waals surface area (Å²) in [6, 6.07) is 13.6. The zero-order valence-electron chi connectivity index (χ0n) is 65.0. The SMILES string of the molecule is C.C.C=C(C)C(=O)OCCC[Si](C)(C)O[Si](C)(C)CC[Si](C)(C)CCCN(CCO)C(C)=O.C=C(C)C(=O)OCCC[Si](C)(C)O[Si](C)(C)CC[Si](C)(C)CCCO.C=C(C)C(=O)OCCC[Si](C)(C)O[Si](C)(C)CC[Si](C)(C)CCCOS(C)(=O)=O.CC1=NCCO1.CS(=O)Cl.O. The molecule has 32 heteroatoms. The van der Waals surface area contributed by atoms with Gasteiger partial charge in [0.15, 0.2) is 55.8 Å². The molecule has 1 amide bonds. The lowest BCUT2D eigenvalue weighted by atomic mass is 10.4. The molecule has 0 aromatic rings. The van der Waals surface area contributed by atoms with Crippen LogP contribution in [-0.2, 0) is 74.8 Å². The Hall–Kier alpha value is -1.37. The first-order chi connectivity index (χ1) is 43.0. The Balaban J connectivity index is -0.000000233. The molecular formula is C66H149ClN2O18S2Si9. The summed E-state index contributed by atoms with van der Waals surface area (Å²) in [5.41, 5.74) is 1.32. The molecule has 1 rings (SSSR count). The average Bonchev–Trinajstić information content (AvgIpc) is 0.934. The fourth-order valence-corrected chi connectivity index (χ4v) is 53.5. The number of ether oxygens (including phenoxy) is 4. The third kappa shape index (κ3) is 70.3. The van der Waals surface area contributed by atoms with Crippen LogP contribution in [0, 0.1) is 0 Å². The van der Waals surface area contributed by atoms with Gasteiger partial charge in [-0.3, -0.25) is 14.0 Å². The molecule has 0 saturated carbocycles. The van der Waals surface area contributed by atoms with Crippen molar-refractivity contribution in [2.75, 3.05) is 78.4 Å². The van der Waals surface area contributed by atoms with E-state index in [1.807, 2.05) is 6.92 Å². The van der Waals surface area contributed by atoms with Crippen molar-refractivity contribution in [3.63, 3.8) is 0 Å². The standard InChI is InChI=1S/C22H47NO5Si3.C19H42O6SSi3.C18H40O4Si3.C4H7NO.CH3ClOS.2CH4.H2O/c1-20(2)22(26)27-15-11-17-30(6,7)28-31(8,9)19-18-29(4,5)16-10-12-23(13-14-24)21(3)25;1-18(2)19(20)23-12-10-15-28(6,7)25-29(8,9)17-16-27(4,5)14-11-13-24-26(3,21)22;1-17(2)18(20)21-12-10-14-24(5,6)22-25(7,8)16-15-23(3,4)13-9-11-19;1-4-5-2-3-6-4;1-4(2)3;;;/h24H,1,10-19H2,2-9H3;1,10-17H2,2-9H3;19H,1,9-16H2,2-8H3;2-3H2,1H3;1H3;2*1H4;1H2. The molecule has 0 aromatic carbocycles. The number of aliphatic hydroxyl groups excluding tert-OH is 2. The number of aliphatic hydroxyl groups is 2. The maximum Gasteiger partial charge on any atom is 0.333 e. The van der Waals surface area contributed by atoms with E-state index in [-0.39, 0.29) is 57.4 Å². The Morgan fingerprint density at radius 1 is 0.510 bits per heavy atom. The Morgan fingerprint density at radius 3 is 1.03 bits per heavy atom. The lowest BCUT2D eigenvalue weighted by Crippen LogP contribution is -2.45. The number of hydrogen-bond donors (Lipinski definition) is 2. The Bertz CT molecular complexity index is 2450. The zero-order valence-corrected chi connectivity index (χ0v) is 76.4. The second-order valence-electron chi connectivity index (χ2n) is 31.3. The number of nitrogens with zero attached hydrogens (tertiary/aromatic N) is 2. The molecule has 1 heterocycles. The summed E-state index contributed by atoms with van der Waals surface area (Å²) in [4.78, 5) is 51.6. The third-order valence-electron chi connectivity index (χ3n) is 15.5. The first kappa shape index (κ1) is 110. The number of hydrogen-bond acceptors (Lipinski definition) is 18.